The fourth-order valence-corrected chi connectivity index (χ4v) is 4.41. The van der Waals surface area contributed by atoms with Crippen LogP contribution in [0.5, 0.6) is 0 Å². The Labute approximate surface area is 159 Å². The van der Waals surface area contributed by atoms with Gasteiger partial charge in [-0.3, -0.25) is 4.79 Å². The molecule has 6 nitrogen and oxygen atoms in total. The standard InChI is InChI=1S/C19H27N5OS/c1-4-23(16-8-6-5-7-9-16)18(25)15(3)26-19-20-21-22-24(19)17-12-10-14(2)11-13-17/h10-13,15-16H,4-9H2,1-3H3/t15-/m1/s1. The summed E-state index contributed by atoms with van der Waals surface area (Å²) in [6, 6.07) is 8.42. The van der Waals surface area contributed by atoms with Crippen LogP contribution in [0.25, 0.3) is 5.69 Å². The van der Waals surface area contributed by atoms with Crippen LogP contribution in [-0.2, 0) is 4.79 Å². The van der Waals surface area contributed by atoms with Gasteiger partial charge in [-0.1, -0.05) is 48.7 Å². The van der Waals surface area contributed by atoms with E-state index in [0.717, 1.165) is 25.1 Å². The van der Waals surface area contributed by atoms with E-state index in [1.807, 2.05) is 38.1 Å². The van der Waals surface area contributed by atoms with Crippen molar-refractivity contribution in [1.82, 2.24) is 25.1 Å². The molecule has 1 fully saturated rings. The number of aryl methyl sites for hydroxylation is 1. The van der Waals surface area contributed by atoms with Crippen molar-refractivity contribution in [3.8, 4) is 5.69 Å². The van der Waals surface area contributed by atoms with E-state index in [9.17, 15) is 4.79 Å². The number of benzene rings is 1. The number of thioether (sulfide) groups is 1. The summed E-state index contributed by atoms with van der Waals surface area (Å²) in [5, 5.41) is 12.5. The summed E-state index contributed by atoms with van der Waals surface area (Å²) in [5.74, 6) is 0.183. The molecule has 140 valence electrons. The van der Waals surface area contributed by atoms with Crippen molar-refractivity contribution in [2.45, 2.75) is 69.3 Å². The average Bonchev–Trinajstić information content (AvgIpc) is 3.12. The van der Waals surface area contributed by atoms with Crippen molar-refractivity contribution in [2.24, 2.45) is 0 Å². The van der Waals surface area contributed by atoms with Crippen LogP contribution in [0.3, 0.4) is 0 Å². The predicted octanol–water partition coefficient (Wildman–Crippen LogP) is 3.63. The van der Waals surface area contributed by atoms with Gasteiger partial charge in [0.15, 0.2) is 0 Å². The van der Waals surface area contributed by atoms with Crippen LogP contribution in [0, 0.1) is 6.92 Å². The lowest BCUT2D eigenvalue weighted by atomic mass is 9.94. The molecule has 1 aliphatic carbocycles. The second-order valence-corrected chi connectivity index (χ2v) is 8.19. The van der Waals surface area contributed by atoms with E-state index in [2.05, 4.69) is 27.3 Å². The Kier molecular flexibility index (Phi) is 6.29. The Morgan fingerprint density at radius 1 is 1.27 bits per heavy atom. The third-order valence-electron chi connectivity index (χ3n) is 4.99. The van der Waals surface area contributed by atoms with E-state index in [-0.39, 0.29) is 11.2 Å². The largest absolute Gasteiger partial charge is 0.339 e. The summed E-state index contributed by atoms with van der Waals surface area (Å²) in [6.45, 7) is 6.83. The lowest BCUT2D eigenvalue weighted by Gasteiger charge is -2.35. The number of aromatic nitrogens is 4. The van der Waals surface area contributed by atoms with E-state index in [4.69, 9.17) is 0 Å². The van der Waals surface area contributed by atoms with Gasteiger partial charge in [0.1, 0.15) is 0 Å². The minimum absolute atomic E-state index is 0.183. The average molecular weight is 374 g/mol. The van der Waals surface area contributed by atoms with Crippen molar-refractivity contribution >= 4 is 17.7 Å². The normalized spacial score (nSPS) is 16.4. The van der Waals surface area contributed by atoms with Crippen molar-refractivity contribution in [1.29, 1.82) is 0 Å². The number of carbonyl (C=O) groups excluding carboxylic acids is 1. The number of rotatable bonds is 6. The lowest BCUT2D eigenvalue weighted by Crippen LogP contribution is -2.44. The molecule has 2 aromatic rings. The first-order valence-corrected chi connectivity index (χ1v) is 10.3. The second kappa shape index (κ2) is 8.66. The predicted molar refractivity (Wildman–Crippen MR) is 103 cm³/mol. The first-order chi connectivity index (χ1) is 12.6. The minimum atomic E-state index is -0.216. The molecule has 1 saturated carbocycles. The fraction of sp³-hybridized carbons (Fsp3) is 0.579. The molecule has 0 N–H and O–H groups in total. The number of carbonyl (C=O) groups is 1. The summed E-state index contributed by atoms with van der Waals surface area (Å²) < 4.78 is 1.70. The van der Waals surface area contributed by atoms with Crippen LogP contribution in [0.2, 0.25) is 0 Å². The maximum atomic E-state index is 13.0. The molecule has 0 bridgehead atoms. The van der Waals surface area contributed by atoms with Gasteiger partial charge in [-0.25, -0.2) is 0 Å². The number of nitrogens with zero attached hydrogens (tertiary/aromatic N) is 5. The zero-order valence-corrected chi connectivity index (χ0v) is 16.6. The van der Waals surface area contributed by atoms with Gasteiger partial charge in [-0.15, -0.1) is 5.10 Å². The van der Waals surface area contributed by atoms with E-state index in [0.29, 0.717) is 11.2 Å². The van der Waals surface area contributed by atoms with Crippen LogP contribution in [0.4, 0.5) is 0 Å². The van der Waals surface area contributed by atoms with Gasteiger partial charge >= 0.3 is 0 Å². The Morgan fingerprint density at radius 3 is 2.62 bits per heavy atom. The molecule has 1 amide bonds. The lowest BCUT2D eigenvalue weighted by molar-refractivity contribution is -0.133. The maximum absolute atomic E-state index is 13.0. The third kappa shape index (κ3) is 4.26. The highest BCUT2D eigenvalue weighted by Gasteiger charge is 2.29. The van der Waals surface area contributed by atoms with Crippen LogP contribution in [0.1, 0.15) is 51.5 Å². The highest BCUT2D eigenvalue weighted by molar-refractivity contribution is 8.00. The van der Waals surface area contributed by atoms with Crippen molar-refractivity contribution in [3.05, 3.63) is 29.8 Å². The van der Waals surface area contributed by atoms with Crippen molar-refractivity contribution in [2.75, 3.05) is 6.54 Å². The molecular formula is C19H27N5OS. The Balaban J connectivity index is 1.71. The van der Waals surface area contributed by atoms with Crippen molar-refractivity contribution in [3.63, 3.8) is 0 Å². The Morgan fingerprint density at radius 2 is 1.96 bits per heavy atom. The van der Waals surface area contributed by atoms with Crippen molar-refractivity contribution < 1.29 is 4.79 Å². The molecule has 0 unspecified atom stereocenters. The molecule has 0 saturated heterocycles. The molecule has 3 rings (SSSR count). The first-order valence-electron chi connectivity index (χ1n) is 9.42. The Bertz CT molecular complexity index is 724. The van der Waals surface area contributed by atoms with Gasteiger partial charge < -0.3 is 4.90 Å². The molecule has 0 aliphatic heterocycles. The van der Waals surface area contributed by atoms with E-state index >= 15 is 0 Å². The molecule has 7 heteroatoms. The highest BCUT2D eigenvalue weighted by Crippen LogP contribution is 2.28. The summed E-state index contributed by atoms with van der Waals surface area (Å²) >= 11 is 1.43. The highest BCUT2D eigenvalue weighted by atomic mass is 32.2. The van der Waals surface area contributed by atoms with E-state index < -0.39 is 0 Å². The number of hydrogen-bond acceptors (Lipinski definition) is 5. The molecule has 1 atom stereocenters. The number of hydrogen-bond donors (Lipinski definition) is 0. The van der Waals surface area contributed by atoms with Gasteiger partial charge in [0.25, 0.3) is 0 Å². The summed E-state index contributed by atoms with van der Waals surface area (Å²) in [6.07, 6.45) is 5.98. The molecule has 1 aliphatic rings. The van der Waals surface area contributed by atoms with Gasteiger partial charge in [-0.05, 0) is 56.2 Å². The SMILES string of the molecule is CCN(C(=O)[C@@H](C)Sc1nnnn1-c1ccc(C)cc1)C1CCCCC1. The zero-order chi connectivity index (χ0) is 18.5. The molecule has 26 heavy (non-hydrogen) atoms. The topological polar surface area (TPSA) is 63.9 Å². The summed E-state index contributed by atoms with van der Waals surface area (Å²) in [5.41, 5.74) is 2.09. The Hall–Kier alpha value is -1.89. The zero-order valence-electron chi connectivity index (χ0n) is 15.8. The third-order valence-corrected chi connectivity index (χ3v) is 6.01. The summed E-state index contributed by atoms with van der Waals surface area (Å²) in [7, 11) is 0. The fourth-order valence-electron chi connectivity index (χ4n) is 3.53. The first kappa shape index (κ1) is 18.9. The van der Waals surface area contributed by atoms with Crippen LogP contribution < -0.4 is 0 Å². The van der Waals surface area contributed by atoms with Gasteiger partial charge in [0.2, 0.25) is 11.1 Å². The molecule has 0 spiro atoms. The quantitative estimate of drug-likeness (QED) is 0.724. The molecular weight excluding hydrogens is 346 g/mol. The molecule has 1 heterocycles. The van der Waals surface area contributed by atoms with Gasteiger partial charge in [-0.2, -0.15) is 4.68 Å². The second-order valence-electron chi connectivity index (χ2n) is 6.88. The van der Waals surface area contributed by atoms with Crippen LogP contribution in [-0.4, -0.2) is 48.9 Å². The maximum Gasteiger partial charge on any atom is 0.236 e. The molecule has 1 aromatic carbocycles. The summed E-state index contributed by atoms with van der Waals surface area (Å²) in [4.78, 5) is 15.1. The van der Waals surface area contributed by atoms with Crippen LogP contribution in [0.15, 0.2) is 29.4 Å². The van der Waals surface area contributed by atoms with Crippen LogP contribution >= 0.6 is 11.8 Å². The molecule has 1 aromatic heterocycles. The minimum Gasteiger partial charge on any atom is -0.339 e. The van der Waals surface area contributed by atoms with E-state index in [1.54, 1.807) is 4.68 Å². The monoisotopic (exact) mass is 373 g/mol. The molecule has 0 radical (unpaired) electrons. The van der Waals surface area contributed by atoms with Gasteiger partial charge in [0.05, 0.1) is 10.9 Å². The smallest absolute Gasteiger partial charge is 0.236 e. The number of amides is 1. The van der Waals surface area contributed by atoms with E-state index in [1.165, 1.54) is 36.6 Å². The van der Waals surface area contributed by atoms with Gasteiger partial charge in [0, 0.05) is 12.6 Å². The number of tetrazole rings is 1.